The maximum atomic E-state index is 13.0. The summed E-state index contributed by atoms with van der Waals surface area (Å²) in [4.78, 5) is 10.8. The number of rotatable bonds is 3. The number of nitro groups is 1. The van der Waals surface area contributed by atoms with E-state index < -0.39 is 4.92 Å². The van der Waals surface area contributed by atoms with E-state index in [1.54, 1.807) is 0 Å². The fraction of sp³-hybridized carbons (Fsp3) is 0.357. The van der Waals surface area contributed by atoms with Crippen molar-refractivity contribution < 1.29 is 9.31 Å². The zero-order valence-electron chi connectivity index (χ0n) is 11.1. The number of benzene rings is 1. The Labute approximate surface area is 125 Å². The Balaban J connectivity index is 2.11. The average Bonchev–Trinajstić information content (AvgIpc) is 3.07. The van der Waals surface area contributed by atoms with Crippen molar-refractivity contribution in [3.05, 3.63) is 51.0 Å². The van der Waals surface area contributed by atoms with Gasteiger partial charge in [0.25, 0.3) is 0 Å². The van der Waals surface area contributed by atoms with Gasteiger partial charge in [0.1, 0.15) is 11.5 Å². The van der Waals surface area contributed by atoms with Crippen molar-refractivity contribution >= 4 is 17.3 Å². The molecule has 0 atom stereocenters. The van der Waals surface area contributed by atoms with E-state index in [1.807, 2.05) is 0 Å². The van der Waals surface area contributed by atoms with Gasteiger partial charge in [-0.25, -0.2) is 9.07 Å². The lowest BCUT2D eigenvalue weighted by Crippen LogP contribution is -2.00. The fourth-order valence-corrected chi connectivity index (χ4v) is 3.10. The summed E-state index contributed by atoms with van der Waals surface area (Å²) < 4.78 is 14.3. The molecule has 1 aromatic heterocycles. The minimum Gasteiger partial charge on any atom is -0.258 e. The standard InChI is InChI=1S/C14H13ClFN3O2/c15-14-13(19(20)21)12(9-3-1-2-4-9)17-18(14)11-7-5-10(16)6-8-11/h5-9H,1-4H2. The van der Waals surface area contributed by atoms with Crippen LogP contribution in [0.3, 0.4) is 0 Å². The molecule has 21 heavy (non-hydrogen) atoms. The SMILES string of the molecule is O=[N+]([O-])c1c(C2CCCC2)nn(-c2ccc(F)cc2)c1Cl. The average molecular weight is 310 g/mol. The van der Waals surface area contributed by atoms with Crippen LogP contribution in [0, 0.1) is 15.9 Å². The third kappa shape index (κ3) is 2.51. The van der Waals surface area contributed by atoms with E-state index in [2.05, 4.69) is 5.10 Å². The first-order valence-corrected chi connectivity index (χ1v) is 7.14. The summed E-state index contributed by atoms with van der Waals surface area (Å²) in [5.74, 6) is -0.308. The predicted octanol–water partition coefficient (Wildman–Crippen LogP) is 4.23. The second-order valence-corrected chi connectivity index (χ2v) is 5.51. The van der Waals surface area contributed by atoms with Gasteiger partial charge in [0.2, 0.25) is 5.15 Å². The summed E-state index contributed by atoms with van der Waals surface area (Å²) in [5.41, 5.74) is 0.813. The molecule has 0 saturated heterocycles. The summed E-state index contributed by atoms with van der Waals surface area (Å²) in [6.07, 6.45) is 3.86. The van der Waals surface area contributed by atoms with Gasteiger partial charge in [0.15, 0.2) is 0 Å². The minimum absolute atomic E-state index is 0.0338. The third-order valence-corrected chi connectivity index (χ3v) is 4.17. The summed E-state index contributed by atoms with van der Waals surface area (Å²) in [7, 11) is 0. The Hall–Kier alpha value is -1.95. The zero-order valence-corrected chi connectivity index (χ0v) is 11.9. The van der Waals surface area contributed by atoms with E-state index in [0.29, 0.717) is 11.4 Å². The predicted molar refractivity (Wildman–Crippen MR) is 76.4 cm³/mol. The molecule has 3 rings (SSSR count). The van der Waals surface area contributed by atoms with Crippen molar-refractivity contribution in [1.29, 1.82) is 0 Å². The van der Waals surface area contributed by atoms with Crippen LogP contribution in [0.1, 0.15) is 37.3 Å². The molecular weight excluding hydrogens is 297 g/mol. The quantitative estimate of drug-likeness (QED) is 0.629. The maximum absolute atomic E-state index is 13.0. The van der Waals surface area contributed by atoms with Crippen molar-refractivity contribution in [1.82, 2.24) is 9.78 Å². The normalized spacial score (nSPS) is 15.5. The lowest BCUT2D eigenvalue weighted by Gasteiger charge is -2.04. The molecule has 0 unspecified atom stereocenters. The molecule has 0 bridgehead atoms. The van der Waals surface area contributed by atoms with Crippen LogP contribution < -0.4 is 0 Å². The largest absolute Gasteiger partial charge is 0.329 e. The van der Waals surface area contributed by atoms with Crippen LogP contribution in [0.4, 0.5) is 10.1 Å². The van der Waals surface area contributed by atoms with Crippen molar-refractivity contribution in [2.75, 3.05) is 0 Å². The van der Waals surface area contributed by atoms with E-state index >= 15 is 0 Å². The molecule has 0 amide bonds. The van der Waals surface area contributed by atoms with Gasteiger partial charge in [-0.1, -0.05) is 24.4 Å². The molecule has 7 heteroatoms. The highest BCUT2D eigenvalue weighted by molar-refractivity contribution is 6.32. The topological polar surface area (TPSA) is 61.0 Å². The van der Waals surface area contributed by atoms with Crippen LogP contribution in [-0.4, -0.2) is 14.7 Å². The number of nitrogens with zero attached hydrogens (tertiary/aromatic N) is 3. The highest BCUT2D eigenvalue weighted by Gasteiger charge is 2.33. The molecule has 1 heterocycles. The summed E-state index contributed by atoms with van der Waals surface area (Å²) >= 11 is 6.14. The van der Waals surface area contributed by atoms with E-state index in [4.69, 9.17) is 11.6 Å². The molecule has 5 nitrogen and oxygen atoms in total. The first-order valence-electron chi connectivity index (χ1n) is 6.76. The van der Waals surface area contributed by atoms with Crippen molar-refractivity contribution in [3.8, 4) is 5.69 Å². The number of aromatic nitrogens is 2. The number of halogens is 2. The molecule has 1 aromatic carbocycles. The zero-order chi connectivity index (χ0) is 15.0. The van der Waals surface area contributed by atoms with E-state index in [9.17, 15) is 14.5 Å². The van der Waals surface area contributed by atoms with Gasteiger partial charge in [0, 0.05) is 5.92 Å². The Morgan fingerprint density at radius 3 is 2.48 bits per heavy atom. The van der Waals surface area contributed by atoms with Crippen molar-refractivity contribution in [2.24, 2.45) is 0 Å². The minimum atomic E-state index is -0.483. The Kier molecular flexibility index (Phi) is 3.63. The highest BCUT2D eigenvalue weighted by Crippen LogP contribution is 2.41. The van der Waals surface area contributed by atoms with Crippen LogP contribution in [0.15, 0.2) is 24.3 Å². The van der Waals surface area contributed by atoms with E-state index in [1.165, 1.54) is 28.9 Å². The van der Waals surface area contributed by atoms with Gasteiger partial charge in [-0.15, -0.1) is 0 Å². The molecule has 0 radical (unpaired) electrons. The van der Waals surface area contributed by atoms with Crippen LogP contribution >= 0.6 is 11.6 Å². The summed E-state index contributed by atoms with van der Waals surface area (Å²) in [6, 6.07) is 5.54. The van der Waals surface area contributed by atoms with Crippen LogP contribution in [0.2, 0.25) is 5.15 Å². The maximum Gasteiger partial charge on any atom is 0.329 e. The third-order valence-electron chi connectivity index (χ3n) is 3.83. The molecule has 1 fully saturated rings. The highest BCUT2D eigenvalue weighted by atomic mass is 35.5. The number of hydrogen-bond acceptors (Lipinski definition) is 3. The first kappa shape index (κ1) is 14.0. The van der Waals surface area contributed by atoms with Gasteiger partial charge in [-0.2, -0.15) is 5.10 Å². The van der Waals surface area contributed by atoms with E-state index in [-0.39, 0.29) is 22.6 Å². The molecule has 110 valence electrons. The second kappa shape index (κ2) is 5.44. The van der Waals surface area contributed by atoms with Crippen LogP contribution in [-0.2, 0) is 0 Å². The monoisotopic (exact) mass is 309 g/mol. The Bertz CT molecular complexity index is 678. The molecule has 2 aromatic rings. The van der Waals surface area contributed by atoms with Crippen LogP contribution in [0.5, 0.6) is 0 Å². The van der Waals surface area contributed by atoms with Gasteiger partial charge in [-0.3, -0.25) is 10.1 Å². The number of hydrogen-bond donors (Lipinski definition) is 0. The Morgan fingerprint density at radius 2 is 1.90 bits per heavy atom. The second-order valence-electron chi connectivity index (χ2n) is 5.15. The summed E-state index contributed by atoms with van der Waals surface area (Å²) in [5, 5.41) is 15.6. The Morgan fingerprint density at radius 1 is 1.29 bits per heavy atom. The fourth-order valence-electron chi connectivity index (χ4n) is 2.80. The summed E-state index contributed by atoms with van der Waals surface area (Å²) in [6.45, 7) is 0. The molecule has 0 spiro atoms. The molecule has 1 aliphatic rings. The van der Waals surface area contributed by atoms with Gasteiger partial charge < -0.3 is 0 Å². The molecule has 0 aliphatic heterocycles. The van der Waals surface area contributed by atoms with Crippen LogP contribution in [0.25, 0.3) is 5.69 Å². The molecule has 1 aliphatic carbocycles. The van der Waals surface area contributed by atoms with Gasteiger partial charge >= 0.3 is 5.69 Å². The van der Waals surface area contributed by atoms with E-state index in [0.717, 1.165) is 25.7 Å². The molecular formula is C14H13ClFN3O2. The van der Waals surface area contributed by atoms with Crippen molar-refractivity contribution in [3.63, 3.8) is 0 Å². The lowest BCUT2D eigenvalue weighted by atomic mass is 10.0. The smallest absolute Gasteiger partial charge is 0.258 e. The molecule has 1 saturated carbocycles. The van der Waals surface area contributed by atoms with Crippen molar-refractivity contribution in [2.45, 2.75) is 31.6 Å². The molecule has 0 N–H and O–H groups in total. The first-order chi connectivity index (χ1) is 10.1. The lowest BCUT2D eigenvalue weighted by molar-refractivity contribution is -0.385. The van der Waals surface area contributed by atoms with Gasteiger partial charge in [0.05, 0.1) is 10.6 Å². The van der Waals surface area contributed by atoms with Gasteiger partial charge in [-0.05, 0) is 37.1 Å².